The van der Waals surface area contributed by atoms with Gasteiger partial charge in [-0.2, -0.15) is 0 Å². The van der Waals surface area contributed by atoms with Gasteiger partial charge in [0.05, 0.1) is 0 Å². The third kappa shape index (κ3) is 8.02. The Bertz CT molecular complexity index is 152. The molecule has 1 unspecified atom stereocenters. The minimum absolute atomic E-state index is 0.769. The summed E-state index contributed by atoms with van der Waals surface area (Å²) in [5.41, 5.74) is 0. The van der Waals surface area contributed by atoms with Crippen molar-refractivity contribution in [1.82, 2.24) is 5.32 Å². The van der Waals surface area contributed by atoms with Crippen molar-refractivity contribution in [3.63, 3.8) is 0 Å². The van der Waals surface area contributed by atoms with E-state index in [4.69, 9.17) is 5.11 Å². The van der Waals surface area contributed by atoms with Gasteiger partial charge in [-0.3, -0.25) is 0 Å². The van der Waals surface area contributed by atoms with Gasteiger partial charge >= 0.3 is 0 Å². The van der Waals surface area contributed by atoms with Crippen molar-refractivity contribution in [1.29, 1.82) is 0 Å². The number of nitrogens with one attached hydrogen (secondary N) is 1. The zero-order valence-electron chi connectivity index (χ0n) is 9.37. The number of rotatable bonds is 0. The Morgan fingerprint density at radius 3 is 2.00 bits per heavy atom. The monoisotopic (exact) mass is 197 g/mol. The SMILES string of the molecule is C1CCNC1.CC1C=CC=CC1.CO. The van der Waals surface area contributed by atoms with Crippen molar-refractivity contribution < 1.29 is 5.11 Å². The first-order chi connectivity index (χ1) is 6.89. The molecule has 82 valence electrons. The quantitative estimate of drug-likeness (QED) is 0.623. The lowest BCUT2D eigenvalue weighted by atomic mass is 10.0. The van der Waals surface area contributed by atoms with Crippen molar-refractivity contribution >= 4 is 0 Å². The first-order valence-corrected chi connectivity index (χ1v) is 5.38. The summed E-state index contributed by atoms with van der Waals surface area (Å²) in [4.78, 5) is 0. The molecular weight excluding hydrogens is 174 g/mol. The number of hydrogen-bond acceptors (Lipinski definition) is 2. The van der Waals surface area contributed by atoms with Gasteiger partial charge < -0.3 is 10.4 Å². The van der Waals surface area contributed by atoms with Crippen LogP contribution < -0.4 is 5.32 Å². The van der Waals surface area contributed by atoms with Gasteiger partial charge in [0.15, 0.2) is 0 Å². The Labute approximate surface area is 87.7 Å². The van der Waals surface area contributed by atoms with E-state index in [0.29, 0.717) is 0 Å². The summed E-state index contributed by atoms with van der Waals surface area (Å²) in [6.07, 6.45) is 12.6. The molecule has 2 N–H and O–H groups in total. The average molecular weight is 197 g/mol. The smallest absolute Gasteiger partial charge is 0.0319 e. The lowest BCUT2D eigenvalue weighted by molar-refractivity contribution is 0.399. The Hall–Kier alpha value is -0.600. The predicted molar refractivity (Wildman–Crippen MR) is 62.3 cm³/mol. The van der Waals surface area contributed by atoms with Crippen LogP contribution in [-0.2, 0) is 0 Å². The molecule has 0 radical (unpaired) electrons. The Morgan fingerprint density at radius 1 is 1.14 bits per heavy atom. The van der Waals surface area contributed by atoms with Crippen molar-refractivity contribution in [2.45, 2.75) is 26.2 Å². The fraction of sp³-hybridized carbons (Fsp3) is 0.667. The Morgan fingerprint density at radius 2 is 1.79 bits per heavy atom. The molecular formula is C12H23NO. The van der Waals surface area contributed by atoms with Crippen LogP contribution in [0.25, 0.3) is 0 Å². The maximum absolute atomic E-state index is 7.00. The summed E-state index contributed by atoms with van der Waals surface area (Å²) in [7, 11) is 1.00. The molecule has 0 aromatic rings. The fourth-order valence-electron chi connectivity index (χ4n) is 1.33. The van der Waals surface area contributed by atoms with Crippen LogP contribution in [0.5, 0.6) is 0 Å². The number of hydrogen-bond donors (Lipinski definition) is 2. The van der Waals surface area contributed by atoms with E-state index in [-0.39, 0.29) is 0 Å². The van der Waals surface area contributed by atoms with E-state index in [1.54, 1.807) is 0 Å². The van der Waals surface area contributed by atoms with E-state index in [1.165, 1.54) is 32.4 Å². The Kier molecular flexibility index (Phi) is 10.0. The lowest BCUT2D eigenvalue weighted by Crippen LogP contribution is -2.03. The Balaban J connectivity index is 0.000000213. The molecule has 1 aliphatic carbocycles. The zero-order valence-corrected chi connectivity index (χ0v) is 9.37. The van der Waals surface area contributed by atoms with E-state index in [1.807, 2.05) is 0 Å². The van der Waals surface area contributed by atoms with E-state index in [9.17, 15) is 0 Å². The molecule has 1 atom stereocenters. The summed E-state index contributed by atoms with van der Waals surface area (Å²) < 4.78 is 0. The second kappa shape index (κ2) is 10.5. The summed E-state index contributed by atoms with van der Waals surface area (Å²) in [6, 6.07) is 0. The summed E-state index contributed by atoms with van der Waals surface area (Å²) in [5.74, 6) is 0.769. The third-order valence-corrected chi connectivity index (χ3v) is 2.15. The zero-order chi connectivity index (χ0) is 10.6. The summed E-state index contributed by atoms with van der Waals surface area (Å²) in [5, 5.41) is 10.2. The molecule has 2 heteroatoms. The van der Waals surface area contributed by atoms with Gasteiger partial charge in [0.25, 0.3) is 0 Å². The van der Waals surface area contributed by atoms with Crippen LogP contribution in [0.3, 0.4) is 0 Å². The van der Waals surface area contributed by atoms with Crippen LogP contribution >= 0.6 is 0 Å². The van der Waals surface area contributed by atoms with Crippen LogP contribution in [0.15, 0.2) is 24.3 Å². The van der Waals surface area contributed by atoms with E-state index in [0.717, 1.165) is 13.0 Å². The molecule has 1 heterocycles. The largest absolute Gasteiger partial charge is 0.400 e. The standard InChI is InChI=1S/C7H10.C4H9N.CH4O/c1-7-5-3-2-4-6-7;1-2-4-5-3-1;1-2/h2-5,7H,6H2,1H3;5H,1-4H2;2H,1H3. The molecule has 2 aliphatic rings. The van der Waals surface area contributed by atoms with E-state index in [2.05, 4.69) is 36.5 Å². The van der Waals surface area contributed by atoms with Gasteiger partial charge in [0.2, 0.25) is 0 Å². The molecule has 0 spiro atoms. The van der Waals surface area contributed by atoms with Gasteiger partial charge in [-0.25, -0.2) is 0 Å². The van der Waals surface area contributed by atoms with Crippen molar-refractivity contribution in [2.75, 3.05) is 20.2 Å². The van der Waals surface area contributed by atoms with Gasteiger partial charge in [-0.05, 0) is 38.3 Å². The molecule has 0 amide bonds. The number of aliphatic hydroxyl groups is 1. The topological polar surface area (TPSA) is 32.3 Å². The molecule has 2 nitrogen and oxygen atoms in total. The molecule has 0 aromatic carbocycles. The second-order valence-corrected chi connectivity index (χ2v) is 3.48. The van der Waals surface area contributed by atoms with Gasteiger partial charge in [-0.15, -0.1) is 0 Å². The molecule has 1 saturated heterocycles. The van der Waals surface area contributed by atoms with Crippen LogP contribution in [0, 0.1) is 5.92 Å². The molecule has 0 saturated carbocycles. The maximum atomic E-state index is 7.00. The molecule has 2 rings (SSSR count). The maximum Gasteiger partial charge on any atom is 0.0319 e. The molecule has 14 heavy (non-hydrogen) atoms. The van der Waals surface area contributed by atoms with Crippen LogP contribution in [0.2, 0.25) is 0 Å². The highest BCUT2D eigenvalue weighted by atomic mass is 16.2. The molecule has 1 aliphatic heterocycles. The van der Waals surface area contributed by atoms with Crippen molar-refractivity contribution in [3.05, 3.63) is 24.3 Å². The van der Waals surface area contributed by atoms with Crippen LogP contribution in [-0.4, -0.2) is 25.3 Å². The number of aliphatic hydroxyl groups excluding tert-OH is 1. The summed E-state index contributed by atoms with van der Waals surface area (Å²) in [6.45, 7) is 4.72. The molecule has 1 fully saturated rings. The molecule has 0 aromatic heterocycles. The highest BCUT2D eigenvalue weighted by Crippen LogP contribution is 2.08. The normalized spacial score (nSPS) is 23.2. The van der Waals surface area contributed by atoms with Gasteiger partial charge in [-0.1, -0.05) is 31.2 Å². The minimum atomic E-state index is 0.769. The third-order valence-electron chi connectivity index (χ3n) is 2.15. The highest BCUT2D eigenvalue weighted by molar-refractivity contribution is 5.09. The van der Waals surface area contributed by atoms with E-state index >= 15 is 0 Å². The van der Waals surface area contributed by atoms with Crippen molar-refractivity contribution in [3.8, 4) is 0 Å². The lowest BCUT2D eigenvalue weighted by Gasteiger charge is -2.02. The predicted octanol–water partition coefficient (Wildman–Crippen LogP) is 2.12. The first kappa shape index (κ1) is 13.4. The van der Waals surface area contributed by atoms with Crippen LogP contribution in [0.1, 0.15) is 26.2 Å². The minimum Gasteiger partial charge on any atom is -0.400 e. The number of allylic oxidation sites excluding steroid dienone is 4. The summed E-state index contributed by atoms with van der Waals surface area (Å²) >= 11 is 0. The molecule has 0 bridgehead atoms. The van der Waals surface area contributed by atoms with Crippen molar-refractivity contribution in [2.24, 2.45) is 5.92 Å². The van der Waals surface area contributed by atoms with Gasteiger partial charge in [0, 0.05) is 7.11 Å². The van der Waals surface area contributed by atoms with E-state index < -0.39 is 0 Å². The van der Waals surface area contributed by atoms with Crippen LogP contribution in [0.4, 0.5) is 0 Å². The fourth-order valence-corrected chi connectivity index (χ4v) is 1.33. The highest BCUT2D eigenvalue weighted by Gasteiger charge is 1.93. The average Bonchev–Trinajstić information content (AvgIpc) is 2.80. The van der Waals surface area contributed by atoms with Gasteiger partial charge in [0.1, 0.15) is 0 Å². The second-order valence-electron chi connectivity index (χ2n) is 3.48. The first-order valence-electron chi connectivity index (χ1n) is 5.38.